The van der Waals surface area contributed by atoms with Crippen LogP contribution in [0, 0.1) is 0 Å². The molecule has 18 heavy (non-hydrogen) atoms. The van der Waals surface area contributed by atoms with Gasteiger partial charge in [-0.2, -0.15) is 0 Å². The Morgan fingerprint density at radius 2 is 1.89 bits per heavy atom. The second-order valence-corrected chi connectivity index (χ2v) is 3.49. The van der Waals surface area contributed by atoms with Gasteiger partial charge in [-0.05, 0) is 24.3 Å². The molecule has 0 aliphatic carbocycles. The standard InChI is InChI=1S/C11H15N3O3.ClH/c1-17-8-4-2-7(3-5-8)14-11(16)9(12)6-10(13)15;/h2-5,9H,6,12H2,1H3,(H2,13,15)(H,14,16);1H. The molecule has 6 nitrogen and oxygen atoms in total. The smallest absolute Gasteiger partial charge is 0.241 e. The summed E-state index contributed by atoms with van der Waals surface area (Å²) < 4.78 is 4.98. The highest BCUT2D eigenvalue weighted by Crippen LogP contribution is 2.15. The van der Waals surface area contributed by atoms with E-state index in [1.807, 2.05) is 0 Å². The lowest BCUT2D eigenvalue weighted by Crippen LogP contribution is -2.38. The number of ether oxygens (including phenoxy) is 1. The van der Waals surface area contributed by atoms with Crippen molar-refractivity contribution in [2.75, 3.05) is 12.4 Å². The van der Waals surface area contributed by atoms with Gasteiger partial charge in [0.2, 0.25) is 11.8 Å². The van der Waals surface area contributed by atoms with E-state index in [2.05, 4.69) is 5.32 Å². The molecule has 0 aromatic heterocycles. The van der Waals surface area contributed by atoms with Crippen LogP contribution in [0.25, 0.3) is 0 Å². The first-order chi connectivity index (χ1) is 8.02. The summed E-state index contributed by atoms with van der Waals surface area (Å²) in [5.74, 6) is -0.374. The third kappa shape index (κ3) is 5.03. The Hall–Kier alpha value is -1.79. The molecular weight excluding hydrogens is 258 g/mol. The Morgan fingerprint density at radius 3 is 2.33 bits per heavy atom. The Balaban J connectivity index is 0.00000289. The summed E-state index contributed by atoms with van der Waals surface area (Å²) in [4.78, 5) is 22.1. The molecule has 0 aliphatic rings. The lowest BCUT2D eigenvalue weighted by molar-refractivity contribution is -0.123. The van der Waals surface area contributed by atoms with Gasteiger partial charge in [-0.1, -0.05) is 0 Å². The van der Waals surface area contributed by atoms with E-state index >= 15 is 0 Å². The molecule has 7 heteroatoms. The van der Waals surface area contributed by atoms with Gasteiger partial charge in [0.05, 0.1) is 19.6 Å². The van der Waals surface area contributed by atoms with E-state index in [9.17, 15) is 9.59 Å². The molecule has 1 rings (SSSR count). The number of methoxy groups -OCH3 is 1. The highest BCUT2D eigenvalue weighted by molar-refractivity contribution is 5.97. The number of rotatable bonds is 5. The van der Waals surface area contributed by atoms with Gasteiger partial charge in [-0.15, -0.1) is 12.4 Å². The minimum absolute atomic E-state index is 0. The molecule has 0 aliphatic heterocycles. The molecule has 0 saturated carbocycles. The molecule has 0 spiro atoms. The molecule has 0 radical (unpaired) electrons. The van der Waals surface area contributed by atoms with Crippen molar-refractivity contribution in [3.05, 3.63) is 24.3 Å². The Morgan fingerprint density at radius 1 is 1.33 bits per heavy atom. The molecule has 2 amide bonds. The van der Waals surface area contributed by atoms with Gasteiger partial charge >= 0.3 is 0 Å². The van der Waals surface area contributed by atoms with Crippen LogP contribution in [-0.4, -0.2) is 25.0 Å². The number of carbonyl (C=O) groups is 2. The van der Waals surface area contributed by atoms with Crippen LogP contribution in [0.3, 0.4) is 0 Å². The normalized spacial score (nSPS) is 11.0. The maximum Gasteiger partial charge on any atom is 0.241 e. The maximum absolute atomic E-state index is 11.5. The first-order valence-electron chi connectivity index (χ1n) is 5.01. The summed E-state index contributed by atoms with van der Waals surface area (Å²) in [6, 6.07) is 5.82. The van der Waals surface area contributed by atoms with Crippen molar-refractivity contribution in [2.24, 2.45) is 11.5 Å². The van der Waals surface area contributed by atoms with Crippen molar-refractivity contribution in [1.29, 1.82) is 0 Å². The highest BCUT2D eigenvalue weighted by atomic mass is 35.5. The van der Waals surface area contributed by atoms with Gasteiger partial charge in [-0.25, -0.2) is 0 Å². The first-order valence-corrected chi connectivity index (χ1v) is 5.01. The molecule has 0 fully saturated rings. The van der Waals surface area contributed by atoms with Crippen LogP contribution in [0.4, 0.5) is 5.69 Å². The zero-order valence-corrected chi connectivity index (χ0v) is 10.7. The van der Waals surface area contributed by atoms with E-state index in [4.69, 9.17) is 16.2 Å². The molecule has 0 bridgehead atoms. The number of anilines is 1. The summed E-state index contributed by atoms with van der Waals surface area (Å²) in [7, 11) is 1.55. The zero-order chi connectivity index (χ0) is 12.8. The highest BCUT2D eigenvalue weighted by Gasteiger charge is 2.15. The van der Waals surface area contributed by atoms with Gasteiger partial charge in [0, 0.05) is 5.69 Å². The fourth-order valence-electron chi connectivity index (χ4n) is 1.22. The number of carbonyl (C=O) groups excluding carboxylic acids is 2. The van der Waals surface area contributed by atoms with E-state index in [-0.39, 0.29) is 18.8 Å². The average molecular weight is 274 g/mol. The SMILES string of the molecule is COc1ccc(NC(=O)C(N)CC(N)=O)cc1.Cl. The quantitative estimate of drug-likeness (QED) is 0.715. The number of amides is 2. The molecular formula is C11H16ClN3O3. The van der Waals surface area contributed by atoms with Crippen molar-refractivity contribution in [3.8, 4) is 5.75 Å². The van der Waals surface area contributed by atoms with Crippen LogP contribution in [-0.2, 0) is 9.59 Å². The minimum Gasteiger partial charge on any atom is -0.497 e. The van der Waals surface area contributed by atoms with Gasteiger partial charge in [0.1, 0.15) is 5.75 Å². The maximum atomic E-state index is 11.5. The molecule has 0 saturated heterocycles. The van der Waals surface area contributed by atoms with E-state index in [1.165, 1.54) is 0 Å². The van der Waals surface area contributed by atoms with Gasteiger partial charge in [0.15, 0.2) is 0 Å². The summed E-state index contributed by atoms with van der Waals surface area (Å²) in [5.41, 5.74) is 11.0. The predicted octanol–water partition coefficient (Wildman–Crippen LogP) is 0.258. The Bertz CT molecular complexity index is 408. The lowest BCUT2D eigenvalue weighted by Gasteiger charge is -2.10. The third-order valence-corrected chi connectivity index (χ3v) is 2.12. The monoisotopic (exact) mass is 273 g/mol. The second kappa shape index (κ2) is 7.52. The predicted molar refractivity (Wildman–Crippen MR) is 70.7 cm³/mol. The number of primary amides is 1. The summed E-state index contributed by atoms with van der Waals surface area (Å²) in [6.07, 6.45) is -0.179. The van der Waals surface area contributed by atoms with Crippen LogP contribution < -0.4 is 21.5 Å². The van der Waals surface area contributed by atoms with Gasteiger partial charge < -0.3 is 21.5 Å². The van der Waals surface area contributed by atoms with Crippen molar-refractivity contribution in [2.45, 2.75) is 12.5 Å². The van der Waals surface area contributed by atoms with E-state index in [0.29, 0.717) is 11.4 Å². The first kappa shape index (κ1) is 16.2. The largest absolute Gasteiger partial charge is 0.497 e. The van der Waals surface area contributed by atoms with Crippen LogP contribution in [0.5, 0.6) is 5.75 Å². The van der Waals surface area contributed by atoms with Crippen LogP contribution in [0.2, 0.25) is 0 Å². The van der Waals surface area contributed by atoms with Gasteiger partial charge in [0.25, 0.3) is 0 Å². The topological polar surface area (TPSA) is 107 Å². The molecule has 1 unspecified atom stereocenters. The Kier molecular flexibility index (Phi) is 6.77. The van der Waals surface area contributed by atoms with E-state index in [0.717, 1.165) is 0 Å². The average Bonchev–Trinajstić information content (AvgIpc) is 2.29. The van der Waals surface area contributed by atoms with Gasteiger partial charge in [-0.3, -0.25) is 9.59 Å². The van der Waals surface area contributed by atoms with Crippen molar-refractivity contribution in [3.63, 3.8) is 0 Å². The number of halogens is 1. The van der Waals surface area contributed by atoms with Crippen molar-refractivity contribution < 1.29 is 14.3 Å². The molecule has 100 valence electrons. The molecule has 0 heterocycles. The molecule has 5 N–H and O–H groups in total. The number of nitrogens with two attached hydrogens (primary N) is 2. The van der Waals surface area contributed by atoms with Crippen LogP contribution in [0.15, 0.2) is 24.3 Å². The number of nitrogens with one attached hydrogen (secondary N) is 1. The van der Waals surface area contributed by atoms with E-state index in [1.54, 1.807) is 31.4 Å². The minimum atomic E-state index is -0.936. The number of benzene rings is 1. The number of hydrogen-bond donors (Lipinski definition) is 3. The lowest BCUT2D eigenvalue weighted by atomic mass is 10.2. The molecule has 1 aromatic rings. The Labute approximate surface area is 111 Å². The van der Waals surface area contributed by atoms with E-state index < -0.39 is 17.9 Å². The summed E-state index contributed by atoms with van der Waals surface area (Å²) >= 11 is 0. The number of hydrogen-bond acceptors (Lipinski definition) is 4. The van der Waals surface area contributed by atoms with Crippen molar-refractivity contribution in [1.82, 2.24) is 0 Å². The molecule has 1 atom stereocenters. The zero-order valence-electron chi connectivity index (χ0n) is 9.88. The second-order valence-electron chi connectivity index (χ2n) is 3.49. The summed E-state index contributed by atoms with van der Waals surface area (Å²) in [6.45, 7) is 0. The van der Waals surface area contributed by atoms with Crippen LogP contribution >= 0.6 is 12.4 Å². The van der Waals surface area contributed by atoms with Crippen LogP contribution in [0.1, 0.15) is 6.42 Å². The molecule has 1 aromatic carbocycles. The summed E-state index contributed by atoms with van der Waals surface area (Å²) in [5, 5.41) is 2.57. The van der Waals surface area contributed by atoms with Crippen molar-refractivity contribution >= 4 is 29.9 Å². The fraction of sp³-hybridized carbons (Fsp3) is 0.273. The third-order valence-electron chi connectivity index (χ3n) is 2.12. The fourth-order valence-corrected chi connectivity index (χ4v) is 1.22.